The molecule has 4 heterocycles. The first-order valence-corrected chi connectivity index (χ1v) is 16.7. The second-order valence-corrected chi connectivity index (χ2v) is 12.3. The van der Waals surface area contributed by atoms with Crippen molar-refractivity contribution in [1.82, 2.24) is 46.1 Å². The van der Waals surface area contributed by atoms with Crippen LogP contribution in [0.2, 0.25) is 10.0 Å². The lowest BCUT2D eigenvalue weighted by atomic mass is 9.98. The summed E-state index contributed by atoms with van der Waals surface area (Å²) in [4.78, 5) is 43.7. The predicted molar refractivity (Wildman–Crippen MR) is 187 cm³/mol. The molecule has 2 aromatic heterocycles. The van der Waals surface area contributed by atoms with E-state index in [1.165, 1.54) is 0 Å². The third-order valence-electron chi connectivity index (χ3n) is 8.41. The number of nitrogens with zero attached hydrogens (tertiary/aromatic N) is 5. The Bertz CT molecular complexity index is 1840. The SMILES string of the molecule is COc1nc(-c2cccc(-c3cccc(-c4cnc(CNC[C@@H]5CCC(=O)N5)c(OC)n4)c3Cl)c2Cl)cnc1CNCCN1CCNC1=O. The summed E-state index contributed by atoms with van der Waals surface area (Å²) in [5.41, 5.74) is 5.14. The fraction of sp³-hybridized carbons (Fsp3) is 0.353. The highest BCUT2D eigenvalue weighted by atomic mass is 35.5. The number of benzene rings is 2. The lowest BCUT2D eigenvalue weighted by Gasteiger charge is -2.16. The number of amides is 3. The third kappa shape index (κ3) is 7.86. The zero-order valence-electron chi connectivity index (χ0n) is 27.2. The molecule has 0 spiro atoms. The molecule has 6 rings (SSSR count). The van der Waals surface area contributed by atoms with E-state index >= 15 is 0 Å². The number of ether oxygens (including phenoxy) is 2. The topological polar surface area (TPSA) is 156 Å². The quantitative estimate of drug-likeness (QED) is 0.141. The van der Waals surface area contributed by atoms with Gasteiger partial charge in [-0.25, -0.2) is 14.8 Å². The van der Waals surface area contributed by atoms with Gasteiger partial charge in [-0.2, -0.15) is 0 Å². The van der Waals surface area contributed by atoms with E-state index < -0.39 is 0 Å². The Labute approximate surface area is 294 Å². The van der Waals surface area contributed by atoms with E-state index in [-0.39, 0.29) is 18.0 Å². The molecule has 2 aromatic carbocycles. The van der Waals surface area contributed by atoms with E-state index in [1.807, 2.05) is 36.4 Å². The number of methoxy groups -OCH3 is 2. The molecular formula is C34H37Cl2N9O4. The summed E-state index contributed by atoms with van der Waals surface area (Å²) in [5.74, 6) is 0.838. The first kappa shape index (κ1) is 34.3. The summed E-state index contributed by atoms with van der Waals surface area (Å²) >= 11 is 14.1. The van der Waals surface area contributed by atoms with Crippen molar-refractivity contribution in [2.75, 3.05) is 46.9 Å². The molecule has 2 saturated heterocycles. The molecule has 1 atom stereocenters. The maximum atomic E-state index is 11.8. The Morgan fingerprint density at radius 3 is 1.94 bits per heavy atom. The number of hydrogen-bond donors (Lipinski definition) is 4. The molecule has 0 saturated carbocycles. The van der Waals surface area contributed by atoms with Crippen LogP contribution in [0.15, 0.2) is 48.8 Å². The average molecular weight is 707 g/mol. The van der Waals surface area contributed by atoms with E-state index in [9.17, 15) is 9.59 Å². The highest BCUT2D eigenvalue weighted by Crippen LogP contribution is 2.42. The van der Waals surface area contributed by atoms with Crippen molar-refractivity contribution in [3.63, 3.8) is 0 Å². The molecule has 2 aliphatic rings. The van der Waals surface area contributed by atoms with Gasteiger partial charge in [0.2, 0.25) is 17.7 Å². The first-order valence-electron chi connectivity index (χ1n) is 16.0. The number of urea groups is 1. The van der Waals surface area contributed by atoms with Gasteiger partial charge in [0.25, 0.3) is 0 Å². The van der Waals surface area contributed by atoms with Crippen molar-refractivity contribution in [1.29, 1.82) is 0 Å². The van der Waals surface area contributed by atoms with Crippen LogP contribution < -0.4 is 30.7 Å². The van der Waals surface area contributed by atoms with Crippen LogP contribution in [0.3, 0.4) is 0 Å². The van der Waals surface area contributed by atoms with E-state index in [2.05, 4.69) is 31.2 Å². The molecule has 4 aromatic rings. The maximum absolute atomic E-state index is 11.8. The summed E-state index contributed by atoms with van der Waals surface area (Å²) in [7, 11) is 3.10. The van der Waals surface area contributed by atoms with Crippen molar-refractivity contribution < 1.29 is 19.1 Å². The molecule has 2 fully saturated rings. The number of rotatable bonds is 14. The minimum absolute atomic E-state index is 0.0451. The Balaban J connectivity index is 1.18. The minimum Gasteiger partial charge on any atom is -0.480 e. The molecule has 15 heteroatoms. The molecule has 0 bridgehead atoms. The van der Waals surface area contributed by atoms with Crippen LogP contribution in [0.4, 0.5) is 4.79 Å². The van der Waals surface area contributed by atoms with Gasteiger partial charge in [-0.3, -0.25) is 14.8 Å². The molecule has 0 radical (unpaired) electrons. The standard InChI is InChI=1S/C34H37Cl2N9O4/c1-48-32-27(16-37-11-13-45-14-12-39-34(45)47)40-18-25(43-32)23-7-3-5-21(30(23)35)22-6-4-8-24(31(22)36)26-19-41-28(33(44-26)49-2)17-38-15-20-9-10-29(46)42-20/h3-8,18-20,37-38H,9-17H2,1-2H3,(H,39,47)(H,42,46)/t20-/m0/s1. The van der Waals surface area contributed by atoms with Gasteiger partial charge < -0.3 is 35.6 Å². The molecule has 0 unspecified atom stereocenters. The van der Waals surface area contributed by atoms with Gasteiger partial charge in [0.1, 0.15) is 11.4 Å². The van der Waals surface area contributed by atoms with Gasteiger partial charge in [-0.05, 0) is 6.42 Å². The number of hydrogen-bond acceptors (Lipinski definition) is 10. The molecule has 2 aliphatic heterocycles. The van der Waals surface area contributed by atoms with Gasteiger partial charge in [-0.15, -0.1) is 0 Å². The van der Waals surface area contributed by atoms with Gasteiger partial charge in [-0.1, -0.05) is 59.6 Å². The second kappa shape index (κ2) is 15.8. The highest BCUT2D eigenvalue weighted by Gasteiger charge is 2.22. The van der Waals surface area contributed by atoms with Gasteiger partial charge in [0.05, 0.1) is 48.0 Å². The zero-order valence-corrected chi connectivity index (χ0v) is 28.7. The van der Waals surface area contributed by atoms with Gasteiger partial charge >= 0.3 is 6.03 Å². The summed E-state index contributed by atoms with van der Waals surface area (Å²) in [6, 6.07) is 11.4. The molecule has 0 aliphatic carbocycles. The lowest BCUT2D eigenvalue weighted by Crippen LogP contribution is -2.35. The van der Waals surface area contributed by atoms with Crippen molar-refractivity contribution in [2.24, 2.45) is 0 Å². The largest absolute Gasteiger partial charge is 0.480 e. The lowest BCUT2D eigenvalue weighted by molar-refractivity contribution is -0.119. The zero-order chi connectivity index (χ0) is 34.3. The molecular weight excluding hydrogens is 669 g/mol. The van der Waals surface area contributed by atoms with Crippen LogP contribution in [0.25, 0.3) is 33.6 Å². The Kier molecular flexibility index (Phi) is 11.0. The van der Waals surface area contributed by atoms with Crippen molar-refractivity contribution in [2.45, 2.75) is 32.0 Å². The van der Waals surface area contributed by atoms with Crippen LogP contribution in [-0.2, 0) is 17.9 Å². The summed E-state index contributed by atoms with van der Waals surface area (Å²) in [6.45, 7) is 4.06. The fourth-order valence-electron chi connectivity index (χ4n) is 5.84. The minimum atomic E-state index is -0.0451. The summed E-state index contributed by atoms with van der Waals surface area (Å²) < 4.78 is 11.1. The van der Waals surface area contributed by atoms with Crippen LogP contribution in [0.5, 0.6) is 11.8 Å². The van der Waals surface area contributed by atoms with Crippen molar-refractivity contribution in [3.8, 4) is 45.4 Å². The van der Waals surface area contributed by atoms with E-state index in [1.54, 1.807) is 31.5 Å². The Morgan fingerprint density at radius 2 is 1.43 bits per heavy atom. The van der Waals surface area contributed by atoms with Crippen LogP contribution >= 0.6 is 23.2 Å². The fourth-order valence-corrected chi connectivity index (χ4v) is 6.49. The number of carbonyl (C=O) groups is 2. The Hall–Kier alpha value is -4.56. The Morgan fingerprint density at radius 1 is 0.857 bits per heavy atom. The molecule has 256 valence electrons. The normalized spacial score (nSPS) is 15.8. The monoisotopic (exact) mass is 705 g/mol. The summed E-state index contributed by atoms with van der Waals surface area (Å²) in [6.07, 6.45) is 4.70. The van der Waals surface area contributed by atoms with Crippen LogP contribution in [0, 0.1) is 0 Å². The maximum Gasteiger partial charge on any atom is 0.317 e. The number of carbonyl (C=O) groups excluding carboxylic acids is 2. The molecule has 3 amide bonds. The molecule has 49 heavy (non-hydrogen) atoms. The molecule has 13 nitrogen and oxygen atoms in total. The third-order valence-corrected chi connectivity index (χ3v) is 9.23. The van der Waals surface area contributed by atoms with Crippen LogP contribution in [-0.4, -0.2) is 89.8 Å². The average Bonchev–Trinajstić information content (AvgIpc) is 3.73. The van der Waals surface area contributed by atoms with Crippen LogP contribution in [0.1, 0.15) is 24.2 Å². The predicted octanol–water partition coefficient (Wildman–Crippen LogP) is 4.07. The van der Waals surface area contributed by atoms with E-state index in [4.69, 9.17) is 42.6 Å². The van der Waals surface area contributed by atoms with E-state index in [0.717, 1.165) is 6.42 Å². The highest BCUT2D eigenvalue weighted by molar-refractivity contribution is 6.39. The summed E-state index contributed by atoms with van der Waals surface area (Å²) in [5, 5.41) is 13.3. The van der Waals surface area contributed by atoms with Gasteiger partial charge in [0.15, 0.2) is 0 Å². The molecule has 4 N–H and O–H groups in total. The smallest absolute Gasteiger partial charge is 0.317 e. The van der Waals surface area contributed by atoms with Crippen molar-refractivity contribution >= 4 is 35.1 Å². The van der Waals surface area contributed by atoms with E-state index in [0.29, 0.717) is 119 Å². The number of halogens is 2. The number of nitrogens with one attached hydrogen (secondary N) is 4. The first-order chi connectivity index (χ1) is 23.9. The number of aromatic nitrogens is 4. The second-order valence-electron chi connectivity index (χ2n) is 11.6. The van der Waals surface area contributed by atoms with Crippen molar-refractivity contribution in [3.05, 3.63) is 70.2 Å². The van der Waals surface area contributed by atoms with Gasteiger partial charge in [0, 0.05) is 80.5 Å².